The van der Waals surface area contributed by atoms with E-state index >= 15 is 0 Å². The van der Waals surface area contributed by atoms with Crippen LogP contribution < -0.4 is 9.47 Å². The highest BCUT2D eigenvalue weighted by Gasteiger charge is 2.26. The van der Waals surface area contributed by atoms with Crippen molar-refractivity contribution >= 4 is 5.97 Å². The Balaban J connectivity index is 2.17. The SMILES string of the molecule is COc1ccc(F)c(-c2ccc(OC(=O)C(C)(C)C)cc2-c2nnc(C(C)(C)C)o2)c1. The zero-order valence-electron chi connectivity index (χ0n) is 18.9. The van der Waals surface area contributed by atoms with E-state index < -0.39 is 11.2 Å². The monoisotopic (exact) mass is 426 g/mol. The lowest BCUT2D eigenvalue weighted by atomic mass is 9.96. The van der Waals surface area contributed by atoms with Crippen LogP contribution in [0.3, 0.4) is 0 Å². The summed E-state index contributed by atoms with van der Waals surface area (Å²) in [5.74, 6) is 0.633. The first-order valence-electron chi connectivity index (χ1n) is 9.95. The zero-order valence-corrected chi connectivity index (χ0v) is 18.9. The minimum absolute atomic E-state index is 0.204. The Hall–Kier alpha value is -3.22. The molecule has 2 aromatic carbocycles. The van der Waals surface area contributed by atoms with E-state index in [-0.39, 0.29) is 17.3 Å². The molecule has 0 aliphatic carbocycles. The number of benzene rings is 2. The Morgan fingerprint density at radius 1 is 0.903 bits per heavy atom. The molecule has 0 saturated heterocycles. The van der Waals surface area contributed by atoms with Crippen LogP contribution in [-0.4, -0.2) is 23.3 Å². The molecule has 0 unspecified atom stereocenters. The van der Waals surface area contributed by atoms with Gasteiger partial charge >= 0.3 is 5.97 Å². The van der Waals surface area contributed by atoms with Crippen molar-refractivity contribution in [2.75, 3.05) is 7.11 Å². The fourth-order valence-corrected chi connectivity index (χ4v) is 2.73. The van der Waals surface area contributed by atoms with Gasteiger partial charge in [0.15, 0.2) is 0 Å². The molecule has 0 amide bonds. The Labute approximate surface area is 181 Å². The molecule has 31 heavy (non-hydrogen) atoms. The first-order valence-corrected chi connectivity index (χ1v) is 9.95. The van der Waals surface area contributed by atoms with E-state index in [1.54, 1.807) is 51.1 Å². The molecule has 0 spiro atoms. The van der Waals surface area contributed by atoms with Gasteiger partial charge in [0.05, 0.1) is 18.1 Å². The predicted molar refractivity (Wildman–Crippen MR) is 115 cm³/mol. The molecule has 3 aromatic rings. The van der Waals surface area contributed by atoms with Crippen molar-refractivity contribution in [3.8, 4) is 34.1 Å². The third kappa shape index (κ3) is 4.93. The number of esters is 1. The fraction of sp³-hybridized carbons (Fsp3) is 0.375. The molecule has 0 N–H and O–H groups in total. The molecule has 0 saturated carbocycles. The van der Waals surface area contributed by atoms with Crippen molar-refractivity contribution in [3.05, 3.63) is 48.1 Å². The smallest absolute Gasteiger partial charge is 0.316 e. The lowest BCUT2D eigenvalue weighted by Gasteiger charge is -2.17. The number of ether oxygens (including phenoxy) is 2. The van der Waals surface area contributed by atoms with Crippen LogP contribution in [-0.2, 0) is 10.2 Å². The van der Waals surface area contributed by atoms with Crippen LogP contribution in [0.25, 0.3) is 22.6 Å². The number of rotatable bonds is 4. The van der Waals surface area contributed by atoms with Gasteiger partial charge in [-0.15, -0.1) is 10.2 Å². The first kappa shape index (κ1) is 22.5. The summed E-state index contributed by atoms with van der Waals surface area (Å²) in [4.78, 5) is 12.4. The molecule has 0 aliphatic rings. The van der Waals surface area contributed by atoms with E-state index in [9.17, 15) is 9.18 Å². The number of carbonyl (C=O) groups is 1. The van der Waals surface area contributed by atoms with Crippen LogP contribution in [0.4, 0.5) is 4.39 Å². The summed E-state index contributed by atoms with van der Waals surface area (Å²) in [6.45, 7) is 11.2. The van der Waals surface area contributed by atoms with Gasteiger partial charge in [-0.3, -0.25) is 4.79 Å². The van der Waals surface area contributed by atoms with Crippen molar-refractivity contribution < 1.29 is 23.1 Å². The van der Waals surface area contributed by atoms with Crippen LogP contribution in [0.1, 0.15) is 47.4 Å². The van der Waals surface area contributed by atoms with E-state index in [2.05, 4.69) is 10.2 Å². The van der Waals surface area contributed by atoms with Crippen molar-refractivity contribution in [2.45, 2.75) is 47.0 Å². The van der Waals surface area contributed by atoms with Crippen LogP contribution >= 0.6 is 0 Å². The van der Waals surface area contributed by atoms with Crippen molar-refractivity contribution in [1.29, 1.82) is 0 Å². The molecule has 0 bridgehead atoms. The molecular formula is C24H27FN2O4. The summed E-state index contributed by atoms with van der Waals surface area (Å²) < 4.78 is 31.4. The van der Waals surface area contributed by atoms with Gasteiger partial charge in [0.2, 0.25) is 11.8 Å². The molecule has 7 heteroatoms. The maximum absolute atomic E-state index is 14.7. The maximum Gasteiger partial charge on any atom is 0.316 e. The Kier molecular flexibility index (Phi) is 5.89. The number of methoxy groups -OCH3 is 1. The molecule has 1 heterocycles. The number of hydrogen-bond acceptors (Lipinski definition) is 6. The van der Waals surface area contributed by atoms with Gasteiger partial charge in [0.1, 0.15) is 17.3 Å². The second kappa shape index (κ2) is 8.13. The van der Waals surface area contributed by atoms with Gasteiger partial charge in [-0.25, -0.2) is 4.39 Å². The van der Waals surface area contributed by atoms with Crippen LogP contribution in [0.2, 0.25) is 0 Å². The van der Waals surface area contributed by atoms with Gasteiger partial charge in [-0.2, -0.15) is 0 Å². The highest BCUT2D eigenvalue weighted by atomic mass is 19.1. The molecule has 3 rings (SSSR count). The predicted octanol–water partition coefficient (Wildman–Crippen LogP) is 5.80. The minimum Gasteiger partial charge on any atom is -0.497 e. The second-order valence-electron chi connectivity index (χ2n) is 9.36. The Morgan fingerprint density at radius 3 is 2.13 bits per heavy atom. The Morgan fingerprint density at radius 2 is 1.55 bits per heavy atom. The van der Waals surface area contributed by atoms with Crippen molar-refractivity contribution in [1.82, 2.24) is 10.2 Å². The summed E-state index contributed by atoms with van der Waals surface area (Å²) in [5.41, 5.74) is 0.230. The highest BCUT2D eigenvalue weighted by molar-refractivity contribution is 5.83. The topological polar surface area (TPSA) is 74.5 Å². The maximum atomic E-state index is 14.7. The normalized spacial score (nSPS) is 12.0. The van der Waals surface area contributed by atoms with Crippen LogP contribution in [0.5, 0.6) is 11.5 Å². The molecule has 0 atom stereocenters. The van der Waals surface area contributed by atoms with Gasteiger partial charge < -0.3 is 13.9 Å². The van der Waals surface area contributed by atoms with Crippen LogP contribution in [0.15, 0.2) is 40.8 Å². The summed E-state index contributed by atoms with van der Waals surface area (Å²) in [5, 5.41) is 8.31. The quantitative estimate of drug-likeness (QED) is 0.388. The summed E-state index contributed by atoms with van der Waals surface area (Å²) >= 11 is 0. The highest BCUT2D eigenvalue weighted by Crippen LogP contribution is 2.38. The lowest BCUT2D eigenvalue weighted by Crippen LogP contribution is -2.25. The van der Waals surface area contributed by atoms with Gasteiger partial charge in [0, 0.05) is 11.0 Å². The van der Waals surface area contributed by atoms with Crippen LogP contribution in [0, 0.1) is 11.2 Å². The fourth-order valence-electron chi connectivity index (χ4n) is 2.73. The summed E-state index contributed by atoms with van der Waals surface area (Å²) in [7, 11) is 1.51. The number of hydrogen-bond donors (Lipinski definition) is 0. The standard InChI is InChI=1S/C24H27FN2O4/c1-23(2,3)21-27-26-20(31-21)18-13-15(30-22(28)24(4,5)6)8-10-16(18)17-12-14(29-7)9-11-19(17)25/h8-13H,1-7H3. The van der Waals surface area contributed by atoms with Gasteiger partial charge in [-0.05, 0) is 62.7 Å². The molecule has 0 radical (unpaired) electrons. The van der Waals surface area contributed by atoms with E-state index in [0.717, 1.165) is 0 Å². The molecular weight excluding hydrogens is 399 g/mol. The number of aromatic nitrogens is 2. The second-order valence-corrected chi connectivity index (χ2v) is 9.36. The average Bonchev–Trinajstić information content (AvgIpc) is 3.18. The largest absolute Gasteiger partial charge is 0.497 e. The molecule has 0 fully saturated rings. The van der Waals surface area contributed by atoms with E-state index in [4.69, 9.17) is 13.9 Å². The first-order chi connectivity index (χ1) is 14.4. The lowest BCUT2D eigenvalue weighted by molar-refractivity contribution is -0.142. The average molecular weight is 426 g/mol. The third-order valence-electron chi connectivity index (χ3n) is 4.57. The van der Waals surface area contributed by atoms with E-state index in [1.807, 2.05) is 20.8 Å². The van der Waals surface area contributed by atoms with Gasteiger partial charge in [0.25, 0.3) is 0 Å². The molecule has 1 aromatic heterocycles. The van der Waals surface area contributed by atoms with E-state index in [1.165, 1.54) is 13.2 Å². The number of carbonyl (C=O) groups excluding carboxylic acids is 1. The zero-order chi connectivity index (χ0) is 23.0. The molecule has 0 aliphatic heterocycles. The summed E-state index contributed by atoms with van der Waals surface area (Å²) in [6.07, 6.45) is 0. The van der Waals surface area contributed by atoms with E-state index in [0.29, 0.717) is 34.1 Å². The van der Waals surface area contributed by atoms with Crippen molar-refractivity contribution in [3.63, 3.8) is 0 Å². The minimum atomic E-state index is -0.679. The number of halogens is 1. The number of nitrogens with zero attached hydrogens (tertiary/aromatic N) is 2. The molecule has 6 nitrogen and oxygen atoms in total. The van der Waals surface area contributed by atoms with Crippen molar-refractivity contribution in [2.24, 2.45) is 5.41 Å². The third-order valence-corrected chi connectivity index (χ3v) is 4.57. The Bertz CT molecular complexity index is 1110. The molecule has 164 valence electrons. The van der Waals surface area contributed by atoms with Gasteiger partial charge in [-0.1, -0.05) is 20.8 Å². The summed E-state index contributed by atoms with van der Waals surface area (Å²) in [6, 6.07) is 9.36.